The molecule has 4 nitrogen and oxygen atoms in total. The van der Waals surface area contributed by atoms with Gasteiger partial charge in [0.05, 0.1) is 11.0 Å². The Morgan fingerprint density at radius 1 is 1.59 bits per heavy atom. The molecule has 0 aliphatic heterocycles. The Hall–Kier alpha value is -1.55. The van der Waals surface area contributed by atoms with E-state index in [-0.39, 0.29) is 12.3 Å². The summed E-state index contributed by atoms with van der Waals surface area (Å²) in [4.78, 5) is 18.1. The SMILES string of the molecule is CC(CC(=O)O)Cc1nc2ccc(Cl)cc2[nH]1. The molecule has 1 heterocycles. The molecule has 1 aromatic carbocycles. The molecule has 0 spiro atoms. The zero-order valence-corrected chi connectivity index (χ0v) is 10.2. The molecule has 1 atom stereocenters. The number of imidazole rings is 1. The first-order chi connectivity index (χ1) is 8.04. The highest BCUT2D eigenvalue weighted by Crippen LogP contribution is 2.19. The zero-order chi connectivity index (χ0) is 12.4. The minimum Gasteiger partial charge on any atom is -0.481 e. The predicted octanol–water partition coefficient (Wildman–Crippen LogP) is 2.87. The van der Waals surface area contributed by atoms with Gasteiger partial charge in [0.1, 0.15) is 5.82 Å². The fourth-order valence-electron chi connectivity index (χ4n) is 1.83. The van der Waals surface area contributed by atoms with Crippen LogP contribution in [-0.2, 0) is 11.2 Å². The van der Waals surface area contributed by atoms with E-state index in [1.807, 2.05) is 19.1 Å². The number of carboxylic acids is 1. The molecule has 0 aliphatic carbocycles. The van der Waals surface area contributed by atoms with Gasteiger partial charge in [0.25, 0.3) is 0 Å². The lowest BCUT2D eigenvalue weighted by Gasteiger charge is -2.04. The van der Waals surface area contributed by atoms with Gasteiger partial charge in [0, 0.05) is 17.9 Å². The molecule has 2 N–H and O–H groups in total. The number of carboxylic acid groups (broad SMARTS) is 1. The number of rotatable bonds is 4. The molecule has 5 heteroatoms. The van der Waals surface area contributed by atoms with Crippen molar-refractivity contribution in [2.45, 2.75) is 19.8 Å². The van der Waals surface area contributed by atoms with E-state index in [2.05, 4.69) is 9.97 Å². The highest BCUT2D eigenvalue weighted by molar-refractivity contribution is 6.31. The summed E-state index contributed by atoms with van der Waals surface area (Å²) in [6.45, 7) is 1.90. The summed E-state index contributed by atoms with van der Waals surface area (Å²) in [7, 11) is 0. The van der Waals surface area contributed by atoms with Crippen LogP contribution in [0.1, 0.15) is 19.2 Å². The van der Waals surface area contributed by atoms with Crippen molar-refractivity contribution >= 4 is 28.6 Å². The molecule has 0 saturated heterocycles. The summed E-state index contributed by atoms with van der Waals surface area (Å²) < 4.78 is 0. The third-order valence-corrected chi connectivity index (χ3v) is 2.79. The molecule has 0 amide bonds. The van der Waals surface area contributed by atoms with Crippen LogP contribution in [0.4, 0.5) is 0 Å². The zero-order valence-electron chi connectivity index (χ0n) is 9.40. The Bertz CT molecular complexity index is 550. The van der Waals surface area contributed by atoms with E-state index >= 15 is 0 Å². The molecule has 1 unspecified atom stereocenters. The Labute approximate surface area is 104 Å². The average molecular weight is 253 g/mol. The van der Waals surface area contributed by atoms with E-state index in [0.717, 1.165) is 16.9 Å². The van der Waals surface area contributed by atoms with Gasteiger partial charge in [-0.05, 0) is 24.1 Å². The van der Waals surface area contributed by atoms with Crippen LogP contribution in [0, 0.1) is 5.92 Å². The summed E-state index contributed by atoms with van der Waals surface area (Å²) >= 11 is 5.88. The number of aromatic nitrogens is 2. The van der Waals surface area contributed by atoms with Gasteiger partial charge in [0.2, 0.25) is 0 Å². The number of nitrogens with zero attached hydrogens (tertiary/aromatic N) is 1. The van der Waals surface area contributed by atoms with Gasteiger partial charge in [-0.15, -0.1) is 0 Å². The van der Waals surface area contributed by atoms with Gasteiger partial charge in [-0.2, -0.15) is 0 Å². The van der Waals surface area contributed by atoms with Crippen LogP contribution in [0.25, 0.3) is 11.0 Å². The van der Waals surface area contributed by atoms with E-state index in [0.29, 0.717) is 11.4 Å². The number of H-pyrrole nitrogens is 1. The highest BCUT2D eigenvalue weighted by Gasteiger charge is 2.11. The van der Waals surface area contributed by atoms with Gasteiger partial charge < -0.3 is 10.1 Å². The monoisotopic (exact) mass is 252 g/mol. The number of fused-ring (bicyclic) bond motifs is 1. The van der Waals surface area contributed by atoms with E-state index in [1.165, 1.54) is 0 Å². The Morgan fingerprint density at radius 2 is 2.35 bits per heavy atom. The van der Waals surface area contributed by atoms with E-state index in [4.69, 9.17) is 16.7 Å². The first-order valence-corrected chi connectivity index (χ1v) is 5.78. The fourth-order valence-corrected chi connectivity index (χ4v) is 2.00. The minimum atomic E-state index is -0.781. The summed E-state index contributed by atoms with van der Waals surface area (Å²) in [5.41, 5.74) is 1.74. The standard InChI is InChI=1S/C12H13ClN2O2/c1-7(5-12(16)17)4-11-14-9-3-2-8(13)6-10(9)15-11/h2-3,6-7H,4-5H2,1H3,(H,14,15)(H,16,17). The van der Waals surface area contributed by atoms with Gasteiger partial charge in [-0.1, -0.05) is 18.5 Å². The normalized spacial score (nSPS) is 12.8. The number of aliphatic carboxylic acids is 1. The maximum absolute atomic E-state index is 10.6. The molecular formula is C12H13ClN2O2. The molecule has 2 aromatic rings. The van der Waals surface area contributed by atoms with Crippen LogP contribution in [0.3, 0.4) is 0 Å². The minimum absolute atomic E-state index is 0.0588. The Morgan fingerprint density at radius 3 is 3.06 bits per heavy atom. The molecule has 0 saturated carbocycles. The van der Waals surface area contributed by atoms with Gasteiger partial charge in [-0.3, -0.25) is 4.79 Å². The number of nitrogens with one attached hydrogen (secondary N) is 1. The van der Waals surface area contributed by atoms with Crippen molar-refractivity contribution in [1.29, 1.82) is 0 Å². The molecule has 2 rings (SSSR count). The quantitative estimate of drug-likeness (QED) is 0.879. The van der Waals surface area contributed by atoms with Gasteiger partial charge in [0.15, 0.2) is 0 Å². The second-order valence-corrected chi connectivity index (χ2v) is 4.69. The van der Waals surface area contributed by atoms with Crippen LogP contribution in [0.15, 0.2) is 18.2 Å². The first-order valence-electron chi connectivity index (χ1n) is 5.40. The van der Waals surface area contributed by atoms with Crippen LogP contribution < -0.4 is 0 Å². The van der Waals surface area contributed by atoms with Crippen molar-refractivity contribution in [2.24, 2.45) is 5.92 Å². The number of hydrogen-bond donors (Lipinski definition) is 2. The van der Waals surface area contributed by atoms with Crippen molar-refractivity contribution < 1.29 is 9.90 Å². The van der Waals surface area contributed by atoms with Crippen LogP contribution in [0.2, 0.25) is 5.02 Å². The second-order valence-electron chi connectivity index (χ2n) is 4.25. The largest absolute Gasteiger partial charge is 0.481 e. The van der Waals surface area contributed by atoms with E-state index in [9.17, 15) is 4.79 Å². The molecule has 17 heavy (non-hydrogen) atoms. The third-order valence-electron chi connectivity index (χ3n) is 2.56. The summed E-state index contributed by atoms with van der Waals surface area (Å²) in [6, 6.07) is 5.45. The molecule has 0 fully saturated rings. The number of hydrogen-bond acceptors (Lipinski definition) is 2. The lowest BCUT2D eigenvalue weighted by Crippen LogP contribution is -2.07. The molecule has 0 aliphatic rings. The number of carbonyl (C=O) groups is 1. The van der Waals surface area contributed by atoms with Crippen molar-refractivity contribution in [1.82, 2.24) is 9.97 Å². The summed E-state index contributed by atoms with van der Waals surface area (Å²) in [5, 5.41) is 9.35. The Balaban J connectivity index is 2.16. The van der Waals surface area contributed by atoms with Gasteiger partial charge in [-0.25, -0.2) is 4.98 Å². The molecule has 90 valence electrons. The molecule has 0 radical (unpaired) electrons. The predicted molar refractivity (Wildman–Crippen MR) is 66.2 cm³/mol. The lowest BCUT2D eigenvalue weighted by atomic mass is 10.0. The van der Waals surface area contributed by atoms with Crippen molar-refractivity contribution in [3.05, 3.63) is 29.0 Å². The van der Waals surface area contributed by atoms with E-state index < -0.39 is 5.97 Å². The van der Waals surface area contributed by atoms with E-state index in [1.54, 1.807) is 6.07 Å². The molecular weight excluding hydrogens is 240 g/mol. The van der Waals surface area contributed by atoms with Crippen molar-refractivity contribution in [3.8, 4) is 0 Å². The number of aromatic amines is 1. The van der Waals surface area contributed by atoms with Crippen LogP contribution in [0.5, 0.6) is 0 Å². The third kappa shape index (κ3) is 2.97. The van der Waals surface area contributed by atoms with Gasteiger partial charge >= 0.3 is 5.97 Å². The first kappa shape index (κ1) is 11.9. The van der Waals surface area contributed by atoms with Crippen LogP contribution in [-0.4, -0.2) is 21.0 Å². The van der Waals surface area contributed by atoms with Crippen molar-refractivity contribution in [2.75, 3.05) is 0 Å². The second kappa shape index (κ2) is 4.75. The smallest absolute Gasteiger partial charge is 0.303 e. The number of halogens is 1. The lowest BCUT2D eigenvalue weighted by molar-refractivity contribution is -0.137. The molecule has 1 aromatic heterocycles. The molecule has 0 bridgehead atoms. The summed E-state index contributed by atoms with van der Waals surface area (Å²) in [6.07, 6.45) is 0.774. The maximum atomic E-state index is 10.6. The van der Waals surface area contributed by atoms with Crippen molar-refractivity contribution in [3.63, 3.8) is 0 Å². The fraction of sp³-hybridized carbons (Fsp3) is 0.333. The Kier molecular flexibility index (Phi) is 3.33. The van der Waals surface area contributed by atoms with Crippen LogP contribution >= 0.6 is 11.6 Å². The topological polar surface area (TPSA) is 66.0 Å². The number of benzene rings is 1. The summed E-state index contributed by atoms with van der Waals surface area (Å²) in [5.74, 6) is 0.0798. The maximum Gasteiger partial charge on any atom is 0.303 e. The highest BCUT2D eigenvalue weighted by atomic mass is 35.5. The average Bonchev–Trinajstić information content (AvgIpc) is 2.57.